The Balaban J connectivity index is 1.51. The van der Waals surface area contributed by atoms with Crippen LogP contribution in [-0.2, 0) is 4.79 Å². The molecule has 3 rings (SSSR count). The molecular formula is C15H22N4O2. The van der Waals surface area contributed by atoms with Crippen LogP contribution in [0.25, 0.3) is 0 Å². The zero-order valence-corrected chi connectivity index (χ0v) is 12.0. The molecule has 4 N–H and O–H groups in total. The summed E-state index contributed by atoms with van der Waals surface area (Å²) in [5, 5.41) is 2.42. The van der Waals surface area contributed by atoms with E-state index in [9.17, 15) is 9.59 Å². The SMILES string of the molecule is NC1CCCC2CN(CC(=O)NC(=O)c3ccc[nH]3)CC12. The number of nitrogens with one attached hydrogen (secondary N) is 2. The summed E-state index contributed by atoms with van der Waals surface area (Å²) < 4.78 is 0. The molecular weight excluding hydrogens is 268 g/mol. The van der Waals surface area contributed by atoms with Crippen LogP contribution in [0.1, 0.15) is 29.8 Å². The Morgan fingerprint density at radius 1 is 1.38 bits per heavy atom. The van der Waals surface area contributed by atoms with Gasteiger partial charge in [-0.25, -0.2) is 0 Å². The van der Waals surface area contributed by atoms with Crippen LogP contribution in [0.2, 0.25) is 0 Å². The molecule has 2 heterocycles. The normalized spacial score (nSPS) is 29.1. The summed E-state index contributed by atoms with van der Waals surface area (Å²) in [5.41, 5.74) is 6.58. The van der Waals surface area contributed by atoms with Crippen molar-refractivity contribution < 1.29 is 9.59 Å². The van der Waals surface area contributed by atoms with Crippen LogP contribution < -0.4 is 11.1 Å². The van der Waals surface area contributed by atoms with Gasteiger partial charge in [0.15, 0.2) is 0 Å². The molecule has 1 saturated heterocycles. The average Bonchev–Trinajstić information content (AvgIpc) is 3.07. The van der Waals surface area contributed by atoms with Crippen LogP contribution in [0.4, 0.5) is 0 Å². The number of nitrogens with zero attached hydrogens (tertiary/aromatic N) is 1. The Kier molecular flexibility index (Phi) is 4.07. The van der Waals surface area contributed by atoms with E-state index in [1.807, 2.05) is 0 Å². The summed E-state index contributed by atoms with van der Waals surface area (Å²) in [4.78, 5) is 28.7. The predicted octanol–water partition coefficient (Wildman–Crippen LogP) is 0.330. The van der Waals surface area contributed by atoms with Gasteiger partial charge in [0, 0.05) is 25.3 Å². The highest BCUT2D eigenvalue weighted by Crippen LogP contribution is 2.35. The third-order valence-electron chi connectivity index (χ3n) is 4.69. The summed E-state index contributed by atoms with van der Waals surface area (Å²) in [6.45, 7) is 2.06. The summed E-state index contributed by atoms with van der Waals surface area (Å²) >= 11 is 0. The molecule has 21 heavy (non-hydrogen) atoms. The number of H-pyrrole nitrogens is 1. The first-order chi connectivity index (χ1) is 10.1. The van der Waals surface area contributed by atoms with Gasteiger partial charge in [-0.1, -0.05) is 6.42 Å². The Bertz CT molecular complexity index is 514. The summed E-state index contributed by atoms with van der Waals surface area (Å²) in [7, 11) is 0. The average molecular weight is 290 g/mol. The maximum absolute atomic E-state index is 12.0. The maximum Gasteiger partial charge on any atom is 0.274 e. The van der Waals surface area contributed by atoms with Crippen molar-refractivity contribution in [1.29, 1.82) is 0 Å². The second kappa shape index (κ2) is 5.99. The molecule has 1 saturated carbocycles. The number of carbonyl (C=O) groups is 2. The van der Waals surface area contributed by atoms with E-state index in [0.29, 0.717) is 17.5 Å². The zero-order chi connectivity index (χ0) is 14.8. The van der Waals surface area contributed by atoms with E-state index in [1.165, 1.54) is 12.8 Å². The van der Waals surface area contributed by atoms with E-state index in [-0.39, 0.29) is 24.4 Å². The lowest BCUT2D eigenvalue weighted by Gasteiger charge is -2.29. The van der Waals surface area contributed by atoms with Gasteiger partial charge in [0.1, 0.15) is 5.69 Å². The Hall–Kier alpha value is -1.66. The number of hydrogen-bond donors (Lipinski definition) is 3. The van der Waals surface area contributed by atoms with Crippen molar-refractivity contribution in [2.45, 2.75) is 25.3 Å². The number of imide groups is 1. The molecule has 0 radical (unpaired) electrons. The van der Waals surface area contributed by atoms with Gasteiger partial charge in [-0.05, 0) is 36.8 Å². The molecule has 2 amide bonds. The summed E-state index contributed by atoms with van der Waals surface area (Å²) in [6, 6.07) is 3.63. The number of carbonyl (C=O) groups excluding carboxylic acids is 2. The highest BCUT2D eigenvalue weighted by Gasteiger charge is 2.39. The topological polar surface area (TPSA) is 91.2 Å². The third kappa shape index (κ3) is 3.16. The minimum Gasteiger partial charge on any atom is -0.357 e. The van der Waals surface area contributed by atoms with Gasteiger partial charge in [-0.3, -0.25) is 19.8 Å². The maximum atomic E-state index is 12.0. The van der Waals surface area contributed by atoms with E-state index >= 15 is 0 Å². The Morgan fingerprint density at radius 3 is 2.95 bits per heavy atom. The lowest BCUT2D eigenvalue weighted by molar-refractivity contribution is -0.121. The minimum absolute atomic E-state index is 0.248. The van der Waals surface area contributed by atoms with Crippen LogP contribution in [-0.4, -0.2) is 47.4 Å². The molecule has 0 bridgehead atoms. The van der Waals surface area contributed by atoms with Gasteiger partial charge in [0.2, 0.25) is 5.91 Å². The molecule has 1 aromatic heterocycles. The van der Waals surface area contributed by atoms with Crippen molar-refractivity contribution in [3.63, 3.8) is 0 Å². The monoisotopic (exact) mass is 290 g/mol. The van der Waals surface area contributed by atoms with Crippen molar-refractivity contribution in [2.75, 3.05) is 19.6 Å². The molecule has 1 aromatic rings. The van der Waals surface area contributed by atoms with Crippen molar-refractivity contribution in [2.24, 2.45) is 17.6 Å². The van der Waals surface area contributed by atoms with Crippen LogP contribution in [0.5, 0.6) is 0 Å². The molecule has 3 atom stereocenters. The second-order valence-corrected chi connectivity index (χ2v) is 6.17. The van der Waals surface area contributed by atoms with E-state index in [0.717, 1.165) is 19.5 Å². The highest BCUT2D eigenvalue weighted by atomic mass is 16.2. The second-order valence-electron chi connectivity index (χ2n) is 6.17. The number of fused-ring (bicyclic) bond motifs is 1. The molecule has 3 unspecified atom stereocenters. The van der Waals surface area contributed by atoms with Gasteiger partial charge in [-0.2, -0.15) is 0 Å². The van der Waals surface area contributed by atoms with Crippen LogP contribution >= 0.6 is 0 Å². The standard InChI is InChI=1S/C15H22N4O2/c16-12-4-1-3-10-7-19(8-11(10)12)9-14(20)18-15(21)13-5-2-6-17-13/h2,5-6,10-12,17H,1,3-4,7-9,16H2,(H,18,20,21). The minimum atomic E-state index is -0.377. The van der Waals surface area contributed by atoms with Crippen molar-refractivity contribution in [3.8, 4) is 0 Å². The third-order valence-corrected chi connectivity index (χ3v) is 4.69. The fourth-order valence-electron chi connectivity index (χ4n) is 3.65. The number of nitrogens with two attached hydrogens (primary N) is 1. The van der Waals surface area contributed by atoms with Crippen LogP contribution in [0.3, 0.4) is 0 Å². The molecule has 114 valence electrons. The molecule has 2 fully saturated rings. The molecule has 0 spiro atoms. The largest absolute Gasteiger partial charge is 0.357 e. The van der Waals surface area contributed by atoms with E-state index < -0.39 is 0 Å². The Morgan fingerprint density at radius 2 is 2.24 bits per heavy atom. The molecule has 0 aromatic carbocycles. The molecule has 6 heteroatoms. The number of hydrogen-bond acceptors (Lipinski definition) is 4. The number of likely N-dealkylation sites (tertiary alicyclic amines) is 1. The van der Waals surface area contributed by atoms with Crippen LogP contribution in [0.15, 0.2) is 18.3 Å². The lowest BCUT2D eigenvalue weighted by atomic mass is 9.78. The number of rotatable bonds is 3. The highest BCUT2D eigenvalue weighted by molar-refractivity contribution is 6.04. The molecule has 6 nitrogen and oxygen atoms in total. The van der Waals surface area contributed by atoms with Gasteiger partial charge >= 0.3 is 0 Å². The number of aromatic nitrogens is 1. The van der Waals surface area contributed by atoms with E-state index in [2.05, 4.69) is 15.2 Å². The molecule has 1 aliphatic carbocycles. The lowest BCUT2D eigenvalue weighted by Crippen LogP contribution is -2.40. The number of amides is 2. The smallest absolute Gasteiger partial charge is 0.274 e. The first kappa shape index (κ1) is 14.3. The fourth-order valence-corrected chi connectivity index (χ4v) is 3.65. The molecule has 1 aliphatic heterocycles. The first-order valence-corrected chi connectivity index (χ1v) is 7.59. The van der Waals surface area contributed by atoms with Gasteiger partial charge in [-0.15, -0.1) is 0 Å². The van der Waals surface area contributed by atoms with Crippen LogP contribution in [0, 0.1) is 11.8 Å². The van der Waals surface area contributed by atoms with Gasteiger partial charge in [0.05, 0.1) is 6.54 Å². The van der Waals surface area contributed by atoms with Gasteiger partial charge < -0.3 is 10.7 Å². The van der Waals surface area contributed by atoms with E-state index in [4.69, 9.17) is 5.73 Å². The first-order valence-electron chi connectivity index (χ1n) is 7.59. The van der Waals surface area contributed by atoms with Gasteiger partial charge in [0.25, 0.3) is 5.91 Å². The summed E-state index contributed by atoms with van der Waals surface area (Å²) in [6.07, 6.45) is 5.14. The fraction of sp³-hybridized carbons (Fsp3) is 0.600. The van der Waals surface area contributed by atoms with Crippen molar-refractivity contribution in [1.82, 2.24) is 15.2 Å². The zero-order valence-electron chi connectivity index (χ0n) is 12.0. The van der Waals surface area contributed by atoms with E-state index in [1.54, 1.807) is 18.3 Å². The quantitative estimate of drug-likeness (QED) is 0.748. The summed E-state index contributed by atoms with van der Waals surface area (Å²) in [5.74, 6) is 0.492. The predicted molar refractivity (Wildman–Crippen MR) is 78.5 cm³/mol. The molecule has 2 aliphatic rings. The van der Waals surface area contributed by atoms with Crippen molar-refractivity contribution in [3.05, 3.63) is 24.0 Å². The Labute approximate surface area is 124 Å². The number of aromatic amines is 1. The van der Waals surface area contributed by atoms with Crippen molar-refractivity contribution >= 4 is 11.8 Å².